The van der Waals surface area contributed by atoms with Crippen LogP contribution in [0.15, 0.2) is 24.3 Å². The summed E-state index contributed by atoms with van der Waals surface area (Å²) < 4.78 is 31.3. The van der Waals surface area contributed by atoms with E-state index in [0.717, 1.165) is 0 Å². The van der Waals surface area contributed by atoms with E-state index in [-0.39, 0.29) is 31.3 Å². The molecule has 0 spiro atoms. The van der Waals surface area contributed by atoms with E-state index in [4.69, 9.17) is 44.4 Å². The van der Waals surface area contributed by atoms with Crippen molar-refractivity contribution in [2.24, 2.45) is 0 Å². The molecule has 8 nitrogen and oxygen atoms in total. The fourth-order valence-corrected chi connectivity index (χ4v) is 2.25. The Morgan fingerprint density at radius 1 is 1.09 bits per heavy atom. The number of hydrogen-bond acceptors (Lipinski definition) is 4. The molecule has 0 unspecified atom stereocenters. The number of rotatable bonds is 7. The molecule has 0 amide bonds. The molecule has 23 heavy (non-hydrogen) atoms. The third-order valence-corrected chi connectivity index (χ3v) is 2.99. The molecule has 0 bridgehead atoms. The number of benzene rings is 1. The number of alkyl halides is 2. The normalized spacial score (nSPS) is 11.5. The monoisotopic (exact) mass is 437 g/mol. The maximum absolute atomic E-state index is 12.5. The van der Waals surface area contributed by atoms with Crippen molar-refractivity contribution < 1.29 is 25.9 Å². The molecule has 0 saturated heterocycles. The summed E-state index contributed by atoms with van der Waals surface area (Å²) >= 11 is 6.02. The van der Waals surface area contributed by atoms with E-state index >= 15 is 0 Å². The van der Waals surface area contributed by atoms with E-state index in [9.17, 15) is 10.0 Å². The zero-order valence-electron chi connectivity index (χ0n) is 11.9. The van der Waals surface area contributed by atoms with E-state index in [0.29, 0.717) is 11.3 Å². The first-order valence-corrected chi connectivity index (χ1v) is 10.2. The molecular formula is C12H17Cl2NO7Se. The van der Waals surface area contributed by atoms with Crippen molar-refractivity contribution in [2.75, 3.05) is 24.8 Å². The maximum atomic E-state index is 12.5. The molecule has 0 aromatic heterocycles. The quantitative estimate of drug-likeness (QED) is 0.249. The summed E-state index contributed by atoms with van der Waals surface area (Å²) in [7, 11) is 0. The Hall–Kier alpha value is -0.771. The van der Waals surface area contributed by atoms with Crippen LogP contribution in [0.4, 0.5) is 5.69 Å². The summed E-state index contributed by atoms with van der Waals surface area (Å²) in [6.07, 6.45) is -0.0514. The second-order valence-electron chi connectivity index (χ2n) is 4.40. The Morgan fingerprint density at radius 3 is 1.78 bits per heavy atom. The first-order valence-electron chi connectivity index (χ1n) is 6.23. The first-order chi connectivity index (χ1) is 10.5. The van der Waals surface area contributed by atoms with Gasteiger partial charge in [-0.05, 0) is 17.7 Å². The van der Waals surface area contributed by atoms with Gasteiger partial charge in [-0.25, -0.2) is 0 Å². The van der Waals surface area contributed by atoms with Crippen LogP contribution in [-0.2, 0) is 18.9 Å². The van der Waals surface area contributed by atoms with E-state index in [2.05, 4.69) is 0 Å². The summed E-state index contributed by atoms with van der Waals surface area (Å²) in [6.45, 7) is 0.485. The number of carbonyl (C=O) groups is 1. The van der Waals surface area contributed by atoms with Gasteiger partial charge in [0.2, 0.25) is 0 Å². The van der Waals surface area contributed by atoms with Crippen LogP contribution in [0.1, 0.15) is 5.56 Å². The van der Waals surface area contributed by atoms with Gasteiger partial charge >= 0.3 is 35.4 Å². The third-order valence-electron chi connectivity index (χ3n) is 2.65. The molecule has 1 aromatic rings. The van der Waals surface area contributed by atoms with Crippen LogP contribution in [0.2, 0.25) is 0 Å². The number of nitrogens with zero attached hydrogens (tertiary/aromatic N) is 1. The van der Waals surface area contributed by atoms with Gasteiger partial charge < -0.3 is 15.0 Å². The van der Waals surface area contributed by atoms with Crippen molar-refractivity contribution in [3.63, 3.8) is 0 Å². The van der Waals surface area contributed by atoms with Gasteiger partial charge in [0.25, 0.3) is 0 Å². The second-order valence-corrected chi connectivity index (χ2v) is 7.03. The van der Waals surface area contributed by atoms with Gasteiger partial charge in [-0.3, -0.25) is 4.79 Å². The van der Waals surface area contributed by atoms with Crippen LogP contribution < -0.4 is 4.65 Å². The molecule has 3 N–H and O–H groups in total. The number of hydroxylamine groups is 2. The van der Waals surface area contributed by atoms with Crippen molar-refractivity contribution in [3.8, 4) is 0 Å². The van der Waals surface area contributed by atoms with E-state index < -0.39 is 24.0 Å². The van der Waals surface area contributed by atoms with E-state index in [1.807, 2.05) is 0 Å². The minimum absolute atomic E-state index is 0.0514. The van der Waals surface area contributed by atoms with Gasteiger partial charge in [-0.15, -0.1) is 23.2 Å². The number of quaternary nitrogens is 1. The van der Waals surface area contributed by atoms with Crippen LogP contribution >= 0.6 is 23.2 Å². The first kappa shape index (κ1) is 22.2. The molecule has 0 heterocycles. The average Bonchev–Trinajstić information content (AvgIpc) is 2.37. The number of carboxylic acid groups (broad SMARTS) is 1. The third kappa shape index (κ3) is 10.6. The Balaban J connectivity index is 0.000000841. The predicted molar refractivity (Wildman–Crippen MR) is 85.7 cm³/mol. The van der Waals surface area contributed by atoms with Gasteiger partial charge in [0, 0.05) is 0 Å². The Labute approximate surface area is 145 Å². The average molecular weight is 437 g/mol. The van der Waals surface area contributed by atoms with Crippen molar-refractivity contribution >= 4 is 48.2 Å². The molecule has 0 aliphatic rings. The van der Waals surface area contributed by atoms with Crippen LogP contribution in [-0.4, -0.2) is 57.7 Å². The fourth-order valence-electron chi connectivity index (χ4n) is 1.70. The van der Waals surface area contributed by atoms with Crippen molar-refractivity contribution in [1.82, 2.24) is 4.65 Å². The summed E-state index contributed by atoms with van der Waals surface area (Å²) in [6, 6.07) is 6.59. The second kappa shape index (κ2) is 10.2. The van der Waals surface area contributed by atoms with Crippen molar-refractivity contribution in [3.05, 3.63) is 35.0 Å². The Bertz CT molecular complexity index is 578. The SMILES string of the molecule is O=C(O)Cc1ccc([N+]([O-])(CCCl)CCCl)cc1.O=[Se](=O)(O)O. The minimum atomic E-state index is -5.25. The Kier molecular flexibility index (Phi) is 9.83. The standard InChI is InChI=1S/C12H15Cl2NO3.H2O4Se/c13-5-7-15(18,8-6-14)11-3-1-10(2-4-11)9-12(16)17;1-5(2,3)4/h1-4H,5-9H2,(H,16,17);(H2,1,2,3,4). The van der Waals surface area contributed by atoms with Crippen molar-refractivity contribution in [2.45, 2.75) is 6.42 Å². The van der Waals surface area contributed by atoms with Crippen LogP contribution in [0.25, 0.3) is 0 Å². The topological polar surface area (TPSA) is 135 Å². The van der Waals surface area contributed by atoms with Gasteiger partial charge in [-0.1, -0.05) is 12.1 Å². The van der Waals surface area contributed by atoms with Crippen LogP contribution in [0.3, 0.4) is 0 Å². The Morgan fingerprint density at radius 2 is 1.48 bits per heavy atom. The molecule has 11 heteroatoms. The molecule has 0 fully saturated rings. The predicted octanol–water partition coefficient (Wildman–Crippen LogP) is 0.864. The molecule has 1 aromatic carbocycles. The van der Waals surface area contributed by atoms with Gasteiger partial charge in [0.15, 0.2) is 0 Å². The zero-order chi connectivity index (χ0) is 18.1. The van der Waals surface area contributed by atoms with E-state index in [1.165, 1.54) is 0 Å². The van der Waals surface area contributed by atoms with Gasteiger partial charge in [0.1, 0.15) is 5.69 Å². The summed E-state index contributed by atoms with van der Waals surface area (Å²) in [5, 5.41) is 21.2. The fraction of sp³-hybridized carbons (Fsp3) is 0.417. The van der Waals surface area contributed by atoms with E-state index in [1.54, 1.807) is 24.3 Å². The van der Waals surface area contributed by atoms with Gasteiger partial charge in [0.05, 0.1) is 31.3 Å². The summed E-state index contributed by atoms with van der Waals surface area (Å²) in [5.41, 5.74) is 1.21. The molecule has 0 aliphatic heterocycles. The molecule has 0 atom stereocenters. The van der Waals surface area contributed by atoms with Crippen LogP contribution in [0, 0.1) is 5.21 Å². The van der Waals surface area contributed by atoms with Gasteiger partial charge in [-0.2, -0.15) is 0 Å². The number of aliphatic carboxylic acids is 1. The van der Waals surface area contributed by atoms with Crippen molar-refractivity contribution in [1.29, 1.82) is 0 Å². The molecule has 0 radical (unpaired) electrons. The number of hydrogen-bond donors (Lipinski definition) is 3. The molecule has 0 aliphatic carbocycles. The number of carboxylic acids is 1. The summed E-state index contributed by atoms with van der Waals surface area (Å²) in [4.78, 5) is 10.6. The molecule has 0 saturated carbocycles. The zero-order valence-corrected chi connectivity index (χ0v) is 15.2. The molecule has 1 rings (SSSR count). The van der Waals surface area contributed by atoms with Crippen LogP contribution in [0.5, 0.6) is 0 Å². The summed E-state index contributed by atoms with van der Waals surface area (Å²) in [5.74, 6) is -0.402. The molecular weight excluding hydrogens is 420 g/mol. The number of halogens is 2. The molecule has 132 valence electrons.